The highest BCUT2D eigenvalue weighted by atomic mass is 16.4. The fourth-order valence-electron chi connectivity index (χ4n) is 1.81. The molecule has 1 aliphatic rings. The van der Waals surface area contributed by atoms with Crippen LogP contribution >= 0.6 is 0 Å². The molecule has 1 fully saturated rings. The van der Waals surface area contributed by atoms with Crippen molar-refractivity contribution >= 4 is 17.6 Å². The highest BCUT2D eigenvalue weighted by molar-refractivity contribution is 5.70. The molecule has 0 aliphatic heterocycles. The van der Waals surface area contributed by atoms with Crippen LogP contribution in [0.4, 0.5) is 11.6 Å². The standard InChI is InChI=1S/C13H20N4O2/c1-9(13(18)19)7-17(2)12-5-11(15-8-16-12)14-6-10-3-4-10/h5,8-10H,3-4,6-7H2,1-2H3,(H,18,19)(H,14,15,16). The van der Waals surface area contributed by atoms with Crippen molar-refractivity contribution in [2.75, 3.05) is 30.4 Å². The smallest absolute Gasteiger partial charge is 0.308 e. The van der Waals surface area contributed by atoms with E-state index in [1.807, 2.05) is 18.0 Å². The third-order valence-electron chi connectivity index (χ3n) is 3.28. The second-order valence-electron chi connectivity index (χ2n) is 5.21. The summed E-state index contributed by atoms with van der Waals surface area (Å²) in [5.74, 6) is 1.09. The molecular formula is C13H20N4O2. The summed E-state index contributed by atoms with van der Waals surface area (Å²) in [6.07, 6.45) is 4.09. The van der Waals surface area contributed by atoms with E-state index in [2.05, 4.69) is 15.3 Å². The van der Waals surface area contributed by atoms with E-state index in [9.17, 15) is 4.79 Å². The normalized spacial score (nSPS) is 15.9. The predicted octanol–water partition coefficient (Wildman–Crippen LogP) is 1.46. The van der Waals surface area contributed by atoms with Gasteiger partial charge in [-0.2, -0.15) is 0 Å². The maximum Gasteiger partial charge on any atom is 0.308 e. The van der Waals surface area contributed by atoms with Crippen molar-refractivity contribution in [1.29, 1.82) is 0 Å². The van der Waals surface area contributed by atoms with Gasteiger partial charge in [-0.25, -0.2) is 9.97 Å². The summed E-state index contributed by atoms with van der Waals surface area (Å²) in [7, 11) is 1.84. The van der Waals surface area contributed by atoms with Crippen LogP contribution in [-0.2, 0) is 4.79 Å². The van der Waals surface area contributed by atoms with Gasteiger partial charge in [0.15, 0.2) is 0 Å². The highest BCUT2D eigenvalue weighted by Crippen LogP contribution is 2.28. The first-order chi connectivity index (χ1) is 9.06. The zero-order valence-corrected chi connectivity index (χ0v) is 11.3. The average Bonchev–Trinajstić information content (AvgIpc) is 3.20. The van der Waals surface area contributed by atoms with Crippen LogP contribution in [-0.4, -0.2) is 41.2 Å². The maximum atomic E-state index is 10.8. The number of nitrogens with one attached hydrogen (secondary N) is 1. The number of hydrogen-bond donors (Lipinski definition) is 2. The van der Waals surface area contributed by atoms with Gasteiger partial charge in [0.05, 0.1) is 5.92 Å². The van der Waals surface area contributed by atoms with Crippen LogP contribution in [0, 0.1) is 11.8 Å². The number of carboxylic acid groups (broad SMARTS) is 1. The van der Waals surface area contributed by atoms with E-state index >= 15 is 0 Å². The number of carboxylic acids is 1. The molecule has 19 heavy (non-hydrogen) atoms. The molecule has 6 heteroatoms. The Morgan fingerprint density at radius 3 is 2.95 bits per heavy atom. The summed E-state index contributed by atoms with van der Waals surface area (Å²) in [5.41, 5.74) is 0. The molecule has 0 spiro atoms. The Balaban J connectivity index is 1.94. The van der Waals surface area contributed by atoms with Gasteiger partial charge in [0.1, 0.15) is 18.0 Å². The number of rotatable bonds is 7. The van der Waals surface area contributed by atoms with Crippen molar-refractivity contribution in [3.8, 4) is 0 Å². The number of anilines is 2. The van der Waals surface area contributed by atoms with Gasteiger partial charge in [0, 0.05) is 26.2 Å². The van der Waals surface area contributed by atoms with Gasteiger partial charge >= 0.3 is 5.97 Å². The topological polar surface area (TPSA) is 78.3 Å². The van der Waals surface area contributed by atoms with E-state index in [1.165, 1.54) is 19.2 Å². The number of aromatic nitrogens is 2. The van der Waals surface area contributed by atoms with E-state index in [0.29, 0.717) is 6.54 Å². The molecule has 0 amide bonds. The summed E-state index contributed by atoms with van der Waals surface area (Å²) in [6.45, 7) is 3.06. The van der Waals surface area contributed by atoms with Gasteiger partial charge in [0.2, 0.25) is 0 Å². The molecule has 0 saturated heterocycles. The first-order valence-electron chi connectivity index (χ1n) is 6.56. The lowest BCUT2D eigenvalue weighted by molar-refractivity contribution is -0.140. The molecule has 0 aromatic carbocycles. The maximum absolute atomic E-state index is 10.8. The number of aliphatic carboxylic acids is 1. The van der Waals surface area contributed by atoms with Crippen LogP contribution < -0.4 is 10.2 Å². The van der Waals surface area contributed by atoms with Crippen LogP contribution in [0.2, 0.25) is 0 Å². The third kappa shape index (κ3) is 4.08. The zero-order chi connectivity index (χ0) is 13.8. The van der Waals surface area contributed by atoms with Gasteiger partial charge in [-0.15, -0.1) is 0 Å². The molecule has 2 N–H and O–H groups in total. The SMILES string of the molecule is CC(CN(C)c1cc(NCC2CC2)ncn1)C(=O)O. The summed E-state index contributed by atoms with van der Waals surface area (Å²) in [4.78, 5) is 21.0. The molecule has 1 heterocycles. The lowest BCUT2D eigenvalue weighted by Crippen LogP contribution is -2.29. The minimum absolute atomic E-state index is 0.425. The largest absolute Gasteiger partial charge is 0.481 e. The Bertz CT molecular complexity index is 448. The molecule has 1 unspecified atom stereocenters. The molecule has 1 aliphatic carbocycles. The van der Waals surface area contributed by atoms with Crippen LogP contribution in [0.5, 0.6) is 0 Å². The fraction of sp³-hybridized carbons (Fsp3) is 0.615. The fourth-order valence-corrected chi connectivity index (χ4v) is 1.81. The number of hydrogen-bond acceptors (Lipinski definition) is 5. The van der Waals surface area contributed by atoms with Gasteiger partial charge < -0.3 is 15.3 Å². The molecule has 104 valence electrons. The summed E-state index contributed by atoms with van der Waals surface area (Å²) < 4.78 is 0. The van der Waals surface area contributed by atoms with Crippen molar-refractivity contribution in [3.63, 3.8) is 0 Å². The van der Waals surface area contributed by atoms with E-state index in [0.717, 1.165) is 24.1 Å². The molecule has 1 aromatic heterocycles. The second kappa shape index (κ2) is 5.86. The quantitative estimate of drug-likeness (QED) is 0.776. The minimum atomic E-state index is -0.798. The van der Waals surface area contributed by atoms with Crippen molar-refractivity contribution in [1.82, 2.24) is 9.97 Å². The highest BCUT2D eigenvalue weighted by Gasteiger charge is 2.21. The van der Waals surface area contributed by atoms with Gasteiger partial charge in [0.25, 0.3) is 0 Å². The summed E-state index contributed by atoms with van der Waals surface area (Å²) in [6, 6.07) is 1.86. The Kier molecular flexibility index (Phi) is 4.19. The Morgan fingerprint density at radius 1 is 1.58 bits per heavy atom. The van der Waals surface area contributed by atoms with Crippen LogP contribution in [0.3, 0.4) is 0 Å². The summed E-state index contributed by atoms with van der Waals surface area (Å²) in [5, 5.41) is 12.2. The van der Waals surface area contributed by atoms with Crippen LogP contribution in [0.1, 0.15) is 19.8 Å². The van der Waals surface area contributed by atoms with E-state index < -0.39 is 11.9 Å². The minimum Gasteiger partial charge on any atom is -0.481 e. The monoisotopic (exact) mass is 264 g/mol. The van der Waals surface area contributed by atoms with E-state index in [-0.39, 0.29) is 0 Å². The van der Waals surface area contributed by atoms with E-state index in [4.69, 9.17) is 5.11 Å². The lowest BCUT2D eigenvalue weighted by Gasteiger charge is -2.20. The first kappa shape index (κ1) is 13.6. The lowest BCUT2D eigenvalue weighted by atomic mass is 10.2. The van der Waals surface area contributed by atoms with Crippen molar-refractivity contribution in [3.05, 3.63) is 12.4 Å². The molecule has 0 radical (unpaired) electrons. The molecule has 1 aromatic rings. The number of nitrogens with zero attached hydrogens (tertiary/aromatic N) is 3. The Morgan fingerprint density at radius 2 is 2.32 bits per heavy atom. The average molecular weight is 264 g/mol. The predicted molar refractivity (Wildman–Crippen MR) is 73.3 cm³/mol. The first-order valence-corrected chi connectivity index (χ1v) is 6.56. The van der Waals surface area contributed by atoms with Crippen molar-refractivity contribution in [2.45, 2.75) is 19.8 Å². The van der Waals surface area contributed by atoms with Crippen LogP contribution in [0.15, 0.2) is 12.4 Å². The second-order valence-corrected chi connectivity index (χ2v) is 5.21. The number of carbonyl (C=O) groups is 1. The third-order valence-corrected chi connectivity index (χ3v) is 3.28. The molecular weight excluding hydrogens is 244 g/mol. The zero-order valence-electron chi connectivity index (χ0n) is 11.3. The Labute approximate surface area is 112 Å². The molecule has 1 saturated carbocycles. The van der Waals surface area contributed by atoms with Gasteiger partial charge in [-0.1, -0.05) is 6.92 Å². The molecule has 6 nitrogen and oxygen atoms in total. The molecule has 2 rings (SSSR count). The van der Waals surface area contributed by atoms with Crippen LogP contribution in [0.25, 0.3) is 0 Å². The molecule has 0 bridgehead atoms. The molecule has 1 atom stereocenters. The van der Waals surface area contributed by atoms with Crippen molar-refractivity contribution in [2.24, 2.45) is 11.8 Å². The van der Waals surface area contributed by atoms with Crippen molar-refractivity contribution < 1.29 is 9.90 Å². The van der Waals surface area contributed by atoms with E-state index in [1.54, 1.807) is 6.92 Å². The van der Waals surface area contributed by atoms with Gasteiger partial charge in [-0.3, -0.25) is 4.79 Å². The Hall–Kier alpha value is -1.85. The summed E-state index contributed by atoms with van der Waals surface area (Å²) >= 11 is 0. The van der Waals surface area contributed by atoms with Gasteiger partial charge in [-0.05, 0) is 18.8 Å².